The first-order valence-electron chi connectivity index (χ1n) is 18.9. The number of amides is 2. The van der Waals surface area contributed by atoms with Gasteiger partial charge in [-0.1, -0.05) is 45.1 Å². The van der Waals surface area contributed by atoms with Crippen LogP contribution in [0.3, 0.4) is 0 Å². The van der Waals surface area contributed by atoms with E-state index in [-0.39, 0.29) is 24.8 Å². The minimum absolute atomic E-state index is 0.0390. The Hall–Kier alpha value is -3.96. The Bertz CT molecular complexity index is 1370. The third-order valence-electron chi connectivity index (χ3n) is 8.86. The second kappa shape index (κ2) is 26.0. The molecule has 2 fully saturated rings. The predicted molar refractivity (Wildman–Crippen MR) is 193 cm³/mol. The van der Waals surface area contributed by atoms with E-state index in [0.717, 1.165) is 51.1 Å². The Morgan fingerprint density at radius 1 is 0.800 bits per heavy atom. The molecule has 0 radical (unpaired) electrons. The molecule has 17 heteroatoms. The highest BCUT2D eigenvalue weighted by Gasteiger charge is 2.48. The van der Waals surface area contributed by atoms with Crippen molar-refractivity contribution in [1.82, 2.24) is 16.0 Å². The maximum absolute atomic E-state index is 14.0. The van der Waals surface area contributed by atoms with Crippen molar-refractivity contribution in [2.24, 2.45) is 0 Å². The number of aliphatic hydroxyl groups excluding tert-OH is 1. The number of allylic oxidation sites excluding steroid dienone is 1. The van der Waals surface area contributed by atoms with E-state index in [1.165, 1.54) is 0 Å². The first kappa shape index (κ1) is 47.2. The minimum Gasteiger partial charge on any atom is -0.427 e. The van der Waals surface area contributed by atoms with Gasteiger partial charge in [0.05, 0.1) is 6.61 Å². The van der Waals surface area contributed by atoms with Crippen LogP contribution in [0.4, 0.5) is 22.4 Å². The number of rotatable bonds is 24. The van der Waals surface area contributed by atoms with E-state index >= 15 is 0 Å². The minimum atomic E-state index is -1.89. The fourth-order valence-electron chi connectivity index (χ4n) is 5.59. The molecule has 2 aliphatic heterocycles. The molecule has 55 heavy (non-hydrogen) atoms. The molecule has 2 amide bonds. The first-order chi connectivity index (χ1) is 26.3. The molecule has 0 bridgehead atoms. The monoisotopic (exact) mass is 791 g/mol. The third-order valence-corrected chi connectivity index (χ3v) is 8.86. The number of halogens is 4. The molecule has 4 atom stereocenters. The number of benzene rings is 1. The molecular formula is C38H57F4N3O10. The summed E-state index contributed by atoms with van der Waals surface area (Å²) in [5.74, 6) is -9.13. The average molecular weight is 792 g/mol. The molecular weight excluding hydrogens is 734 g/mol. The second-order valence-electron chi connectivity index (χ2n) is 13.4. The molecule has 2 heterocycles. The summed E-state index contributed by atoms with van der Waals surface area (Å²) in [6.45, 7) is 7.33. The molecule has 4 unspecified atom stereocenters. The third kappa shape index (κ3) is 17.6. The highest BCUT2D eigenvalue weighted by Crippen LogP contribution is 2.31. The molecule has 1 aromatic rings. The van der Waals surface area contributed by atoms with Crippen LogP contribution in [0.5, 0.6) is 5.75 Å². The van der Waals surface area contributed by atoms with E-state index in [1.54, 1.807) is 0 Å². The summed E-state index contributed by atoms with van der Waals surface area (Å²) in [7, 11) is 1.85. The van der Waals surface area contributed by atoms with E-state index in [1.807, 2.05) is 14.0 Å². The van der Waals surface area contributed by atoms with Gasteiger partial charge in [-0.3, -0.25) is 14.4 Å². The van der Waals surface area contributed by atoms with Crippen molar-refractivity contribution in [2.45, 2.75) is 135 Å². The molecule has 312 valence electrons. The lowest BCUT2D eigenvalue weighted by Gasteiger charge is -2.34. The van der Waals surface area contributed by atoms with Gasteiger partial charge >= 0.3 is 12.1 Å². The van der Waals surface area contributed by atoms with Gasteiger partial charge in [0, 0.05) is 58.0 Å². The normalized spacial score (nSPS) is 18.6. The molecule has 0 spiro atoms. The molecule has 4 N–H and O–H groups in total. The van der Waals surface area contributed by atoms with Crippen molar-refractivity contribution in [2.75, 3.05) is 33.4 Å². The fourth-order valence-corrected chi connectivity index (χ4v) is 5.59. The molecule has 2 aliphatic rings. The van der Waals surface area contributed by atoms with Crippen molar-refractivity contribution >= 4 is 23.9 Å². The average Bonchev–Trinajstić information content (AvgIpc) is 3.55. The topological polar surface area (TPSA) is 171 Å². The lowest BCUT2D eigenvalue weighted by Crippen LogP contribution is -2.49. The molecule has 0 aliphatic carbocycles. The van der Waals surface area contributed by atoms with E-state index in [2.05, 4.69) is 27.3 Å². The maximum Gasteiger partial charge on any atom is 0.509 e. The van der Waals surface area contributed by atoms with Gasteiger partial charge in [0.25, 0.3) is 0 Å². The molecule has 1 aromatic carbocycles. The Morgan fingerprint density at radius 3 is 1.91 bits per heavy atom. The predicted octanol–water partition coefficient (Wildman–Crippen LogP) is 5.92. The van der Waals surface area contributed by atoms with Gasteiger partial charge in [0.2, 0.25) is 23.4 Å². The van der Waals surface area contributed by atoms with Gasteiger partial charge in [0.15, 0.2) is 29.8 Å². The van der Waals surface area contributed by atoms with Gasteiger partial charge < -0.3 is 44.7 Å². The van der Waals surface area contributed by atoms with Gasteiger partial charge in [-0.15, -0.1) is 0 Å². The van der Waals surface area contributed by atoms with E-state index in [4.69, 9.17) is 18.9 Å². The van der Waals surface area contributed by atoms with Gasteiger partial charge in [-0.2, -0.15) is 4.39 Å². The Labute approximate surface area is 320 Å². The number of hydrogen-bond acceptors (Lipinski definition) is 11. The zero-order chi connectivity index (χ0) is 40.8. The zero-order valence-electron chi connectivity index (χ0n) is 32.1. The van der Waals surface area contributed by atoms with E-state index < -0.39 is 71.3 Å². The second-order valence-corrected chi connectivity index (χ2v) is 13.4. The molecule has 0 aromatic heterocycles. The number of fused-ring (bicyclic) bond motifs is 1. The van der Waals surface area contributed by atoms with Crippen molar-refractivity contribution in [3.8, 4) is 5.75 Å². The van der Waals surface area contributed by atoms with Gasteiger partial charge in [-0.05, 0) is 51.6 Å². The van der Waals surface area contributed by atoms with Crippen molar-refractivity contribution in [3.05, 3.63) is 41.1 Å². The lowest BCUT2D eigenvalue weighted by atomic mass is 10.0. The summed E-state index contributed by atoms with van der Waals surface area (Å²) in [4.78, 5) is 47.3. The summed E-state index contributed by atoms with van der Waals surface area (Å²) in [6, 6.07) is 0. The van der Waals surface area contributed by atoms with Crippen LogP contribution in [0.1, 0.15) is 109 Å². The number of nitrogens with one attached hydrogen (secondary N) is 3. The smallest absolute Gasteiger partial charge is 0.427 e. The van der Waals surface area contributed by atoms with Gasteiger partial charge in [0.1, 0.15) is 12.2 Å². The number of carbonyl (C=O) groups excluding carboxylic acids is 4. The largest absolute Gasteiger partial charge is 0.509 e. The fraction of sp³-hybridized carbons (Fsp3) is 0.684. The van der Waals surface area contributed by atoms with Crippen molar-refractivity contribution in [3.63, 3.8) is 0 Å². The summed E-state index contributed by atoms with van der Waals surface area (Å²) in [5, 5.41) is 18.0. The SMILES string of the molecule is C=C(C)NC.Cc1c(F)c(F)c(F)c(OC(=O)CCCCCCCCCCC(=O)NCCCNC(=O)CCCCOC2CC3OC(=O)OC3C(CO)O2)c1F. The van der Waals surface area contributed by atoms with Crippen LogP contribution in [-0.4, -0.2) is 87.0 Å². The van der Waals surface area contributed by atoms with Crippen LogP contribution >= 0.6 is 0 Å². The number of hydrogen-bond donors (Lipinski definition) is 4. The number of carbonyl (C=O) groups is 4. The van der Waals surface area contributed by atoms with Crippen LogP contribution in [0.25, 0.3) is 0 Å². The van der Waals surface area contributed by atoms with Crippen LogP contribution in [0, 0.1) is 30.2 Å². The highest BCUT2D eigenvalue weighted by molar-refractivity contribution is 5.76. The van der Waals surface area contributed by atoms with E-state index in [0.29, 0.717) is 71.1 Å². The standard InChI is InChI=1S/C34H48F4N2O10.C4H9N/c1-21-28(35)30(37)31(38)33(29(21)36)49-26(44)15-9-7-5-3-2-4-6-8-13-24(42)39-16-12-17-40-25(43)14-10-11-18-46-27-19-22-32(23(20-41)47-27)50-34(45)48-22;1-4(2)5-3/h22-23,27,32,41H,2-20H2,1H3,(H,39,42)(H,40,43);5H,1H2,2-3H3. The molecule has 13 nitrogen and oxygen atoms in total. The highest BCUT2D eigenvalue weighted by atomic mass is 19.2. The van der Waals surface area contributed by atoms with Crippen LogP contribution in [0.15, 0.2) is 12.3 Å². The summed E-state index contributed by atoms with van der Waals surface area (Å²) in [5.41, 5.74) is 0.242. The number of aliphatic hydroxyl groups is 1. The van der Waals surface area contributed by atoms with Gasteiger partial charge in [-0.25, -0.2) is 18.0 Å². The maximum atomic E-state index is 14.0. The quantitative estimate of drug-likeness (QED) is 0.0245. The summed E-state index contributed by atoms with van der Waals surface area (Å²) in [6.07, 6.45) is 5.94. The number of unbranched alkanes of at least 4 members (excludes halogenated alkanes) is 8. The van der Waals surface area contributed by atoms with Crippen LogP contribution < -0.4 is 20.7 Å². The number of esters is 1. The molecule has 2 saturated heterocycles. The molecule has 3 rings (SSSR count). The van der Waals surface area contributed by atoms with E-state index in [9.17, 15) is 41.8 Å². The lowest BCUT2D eigenvalue weighted by molar-refractivity contribution is -0.237. The Kier molecular flexibility index (Phi) is 22.3. The van der Waals surface area contributed by atoms with Crippen LogP contribution in [-0.2, 0) is 33.3 Å². The Balaban J connectivity index is 0.00000196. The zero-order valence-corrected chi connectivity index (χ0v) is 32.1. The summed E-state index contributed by atoms with van der Waals surface area (Å²) >= 11 is 0. The van der Waals surface area contributed by atoms with Crippen molar-refractivity contribution in [1.29, 1.82) is 0 Å². The Morgan fingerprint density at radius 2 is 1.35 bits per heavy atom. The van der Waals surface area contributed by atoms with Crippen LogP contribution in [0.2, 0.25) is 0 Å². The summed E-state index contributed by atoms with van der Waals surface area (Å²) < 4.78 is 80.6. The molecule has 0 saturated carbocycles. The first-order valence-corrected chi connectivity index (χ1v) is 18.9. The number of ether oxygens (including phenoxy) is 5. The van der Waals surface area contributed by atoms with Crippen molar-refractivity contribution < 1.29 is 65.5 Å².